The number of thiazole rings is 1. The van der Waals surface area contributed by atoms with Crippen LogP contribution in [0.25, 0.3) is 21.3 Å². The van der Waals surface area contributed by atoms with Gasteiger partial charge in [-0.2, -0.15) is 5.10 Å². The molecule has 0 atom stereocenters. The number of primary amides is 1. The van der Waals surface area contributed by atoms with E-state index >= 15 is 0 Å². The molecule has 1 aromatic carbocycles. The number of nitrogens with two attached hydrogens (primary N) is 1. The zero-order chi connectivity index (χ0) is 18.1. The van der Waals surface area contributed by atoms with Crippen LogP contribution in [0.4, 0.5) is 0 Å². The predicted octanol–water partition coefficient (Wildman–Crippen LogP) is 2.18. The molecule has 8 nitrogen and oxygen atoms in total. The highest BCUT2D eigenvalue weighted by atomic mass is 32.1. The van der Waals surface area contributed by atoms with Gasteiger partial charge < -0.3 is 10.2 Å². The van der Waals surface area contributed by atoms with Crippen molar-refractivity contribution in [2.24, 2.45) is 5.73 Å². The molecule has 3 heterocycles. The van der Waals surface area contributed by atoms with Gasteiger partial charge in [0.25, 0.3) is 0 Å². The van der Waals surface area contributed by atoms with Crippen LogP contribution in [0.2, 0.25) is 0 Å². The van der Waals surface area contributed by atoms with Crippen molar-refractivity contribution in [3.05, 3.63) is 47.4 Å². The molecule has 0 bridgehead atoms. The molecule has 0 aliphatic rings. The van der Waals surface area contributed by atoms with Gasteiger partial charge in [0, 0.05) is 18.3 Å². The lowest BCUT2D eigenvalue weighted by Crippen LogP contribution is -2.13. The molecule has 1 amide bonds. The third-order valence-electron chi connectivity index (χ3n) is 3.86. The summed E-state index contributed by atoms with van der Waals surface area (Å²) >= 11 is 1.58. The van der Waals surface area contributed by atoms with Crippen LogP contribution < -0.4 is 5.73 Å². The summed E-state index contributed by atoms with van der Waals surface area (Å²) in [6.45, 7) is 2.89. The lowest BCUT2D eigenvalue weighted by atomic mass is 10.1. The molecule has 9 heteroatoms. The molecular weight excluding hydrogens is 352 g/mol. The molecular formula is C17H16N6O2S. The fraction of sp³-hybridized carbons (Fsp3) is 0.235. The third kappa shape index (κ3) is 3.33. The first kappa shape index (κ1) is 16.4. The van der Waals surface area contributed by atoms with Crippen LogP contribution in [0.5, 0.6) is 0 Å². The van der Waals surface area contributed by atoms with Crippen molar-refractivity contribution in [3.63, 3.8) is 0 Å². The summed E-state index contributed by atoms with van der Waals surface area (Å²) in [4.78, 5) is 15.6. The van der Waals surface area contributed by atoms with Crippen molar-refractivity contribution in [1.82, 2.24) is 25.0 Å². The molecule has 0 saturated heterocycles. The van der Waals surface area contributed by atoms with Crippen molar-refractivity contribution in [2.75, 3.05) is 0 Å². The van der Waals surface area contributed by atoms with E-state index in [4.69, 9.17) is 10.2 Å². The Kier molecular flexibility index (Phi) is 4.21. The second-order valence-corrected chi connectivity index (χ2v) is 6.90. The minimum absolute atomic E-state index is 0.0539. The number of nitrogens with zero attached hydrogens (tertiary/aromatic N) is 5. The molecule has 0 aliphatic carbocycles. The Morgan fingerprint density at radius 3 is 2.88 bits per heavy atom. The summed E-state index contributed by atoms with van der Waals surface area (Å²) in [5, 5.41) is 12.9. The maximum absolute atomic E-state index is 10.9. The normalized spacial score (nSPS) is 11.3. The summed E-state index contributed by atoms with van der Waals surface area (Å²) in [5.41, 5.74) is 8.19. The highest BCUT2D eigenvalue weighted by Gasteiger charge is 2.13. The Bertz CT molecular complexity index is 1080. The zero-order valence-electron chi connectivity index (χ0n) is 14.0. The molecule has 0 spiro atoms. The van der Waals surface area contributed by atoms with Crippen LogP contribution >= 0.6 is 11.3 Å². The van der Waals surface area contributed by atoms with Gasteiger partial charge in [0.15, 0.2) is 0 Å². The van der Waals surface area contributed by atoms with Gasteiger partial charge in [0.2, 0.25) is 17.7 Å². The van der Waals surface area contributed by atoms with E-state index in [-0.39, 0.29) is 12.3 Å². The number of carbonyl (C=O) groups is 1. The van der Waals surface area contributed by atoms with Crippen LogP contribution in [0.1, 0.15) is 23.7 Å². The largest absolute Gasteiger partial charge is 0.424 e. The SMILES string of the molecule is CCn1cc(-c2ccc3sc(Cc4nnc(CC(N)=O)o4)nc3c2)cn1. The Morgan fingerprint density at radius 2 is 2.12 bits per heavy atom. The number of benzene rings is 1. The minimum Gasteiger partial charge on any atom is -0.424 e. The van der Waals surface area contributed by atoms with E-state index < -0.39 is 5.91 Å². The first-order valence-corrected chi connectivity index (χ1v) is 8.94. The minimum atomic E-state index is -0.501. The fourth-order valence-electron chi connectivity index (χ4n) is 2.63. The number of amides is 1. The second kappa shape index (κ2) is 6.68. The summed E-state index contributed by atoms with van der Waals surface area (Å²) < 4.78 is 8.42. The van der Waals surface area contributed by atoms with E-state index in [0.29, 0.717) is 12.3 Å². The molecule has 3 aromatic heterocycles. The van der Waals surface area contributed by atoms with Crippen molar-refractivity contribution in [3.8, 4) is 11.1 Å². The third-order valence-corrected chi connectivity index (χ3v) is 4.90. The molecule has 0 radical (unpaired) electrons. The van der Waals surface area contributed by atoms with Gasteiger partial charge in [-0.1, -0.05) is 6.07 Å². The van der Waals surface area contributed by atoms with Crippen molar-refractivity contribution in [1.29, 1.82) is 0 Å². The first-order chi connectivity index (χ1) is 12.6. The molecule has 132 valence electrons. The summed E-state index contributed by atoms with van der Waals surface area (Å²) in [5.74, 6) is 0.146. The number of hydrogen-bond donors (Lipinski definition) is 1. The Hall–Kier alpha value is -3.07. The zero-order valence-corrected chi connectivity index (χ0v) is 14.9. The van der Waals surface area contributed by atoms with Gasteiger partial charge in [0.1, 0.15) is 11.4 Å². The summed E-state index contributed by atoms with van der Waals surface area (Å²) in [7, 11) is 0. The topological polar surface area (TPSA) is 113 Å². The van der Waals surface area contributed by atoms with Gasteiger partial charge in [-0.25, -0.2) is 4.98 Å². The highest BCUT2D eigenvalue weighted by Crippen LogP contribution is 2.28. The van der Waals surface area contributed by atoms with Crippen LogP contribution in [-0.4, -0.2) is 30.9 Å². The summed E-state index contributed by atoms with van der Waals surface area (Å²) in [6, 6.07) is 6.18. The van der Waals surface area contributed by atoms with Gasteiger partial charge in [0.05, 0.1) is 22.8 Å². The number of hydrogen-bond acceptors (Lipinski definition) is 7. The fourth-order valence-corrected chi connectivity index (χ4v) is 3.56. The van der Waals surface area contributed by atoms with Crippen LogP contribution in [-0.2, 0) is 24.2 Å². The molecule has 0 fully saturated rings. The van der Waals surface area contributed by atoms with Crippen LogP contribution in [0.3, 0.4) is 0 Å². The highest BCUT2D eigenvalue weighted by molar-refractivity contribution is 7.18. The molecule has 26 heavy (non-hydrogen) atoms. The number of rotatable bonds is 6. The van der Waals surface area contributed by atoms with E-state index in [2.05, 4.69) is 45.4 Å². The lowest BCUT2D eigenvalue weighted by Gasteiger charge is -1.96. The monoisotopic (exact) mass is 368 g/mol. The van der Waals surface area contributed by atoms with Gasteiger partial charge in [-0.05, 0) is 24.6 Å². The number of carbonyl (C=O) groups excluding carboxylic acids is 1. The Labute approximate surface area is 152 Å². The predicted molar refractivity (Wildman–Crippen MR) is 96.5 cm³/mol. The maximum Gasteiger partial charge on any atom is 0.226 e. The Balaban J connectivity index is 1.57. The molecule has 0 aliphatic heterocycles. The Morgan fingerprint density at radius 1 is 1.27 bits per heavy atom. The second-order valence-electron chi connectivity index (χ2n) is 5.78. The van der Waals surface area contributed by atoms with E-state index in [1.165, 1.54) is 0 Å². The maximum atomic E-state index is 10.9. The van der Waals surface area contributed by atoms with Gasteiger partial charge in [-0.3, -0.25) is 9.48 Å². The van der Waals surface area contributed by atoms with Crippen molar-refractivity contribution < 1.29 is 9.21 Å². The van der Waals surface area contributed by atoms with Crippen LogP contribution in [0, 0.1) is 0 Å². The van der Waals surface area contributed by atoms with E-state index in [1.807, 2.05) is 17.1 Å². The number of fused-ring (bicyclic) bond motifs is 1. The molecule has 2 N–H and O–H groups in total. The molecule has 0 unspecified atom stereocenters. The standard InChI is InChI=1S/C17H16N6O2S/c1-2-23-9-11(8-19-23)10-3-4-13-12(5-10)20-17(26-13)7-16-22-21-15(25-16)6-14(18)24/h3-5,8-9H,2,6-7H2,1H3,(H2,18,24). The smallest absolute Gasteiger partial charge is 0.226 e. The van der Waals surface area contributed by atoms with E-state index in [9.17, 15) is 4.79 Å². The molecule has 0 saturated carbocycles. The van der Waals surface area contributed by atoms with Crippen molar-refractivity contribution in [2.45, 2.75) is 26.3 Å². The van der Waals surface area contributed by atoms with Gasteiger partial charge >= 0.3 is 0 Å². The number of aromatic nitrogens is 5. The van der Waals surface area contributed by atoms with E-state index in [0.717, 1.165) is 32.9 Å². The average molecular weight is 368 g/mol. The molecule has 4 rings (SSSR count). The first-order valence-electron chi connectivity index (χ1n) is 8.12. The van der Waals surface area contributed by atoms with Crippen LogP contribution in [0.15, 0.2) is 35.0 Å². The van der Waals surface area contributed by atoms with Crippen molar-refractivity contribution >= 4 is 27.5 Å². The average Bonchev–Trinajstić information content (AvgIpc) is 3.32. The lowest BCUT2D eigenvalue weighted by molar-refractivity contribution is -0.117. The van der Waals surface area contributed by atoms with Gasteiger partial charge in [-0.15, -0.1) is 21.5 Å². The summed E-state index contributed by atoms with van der Waals surface area (Å²) in [6.07, 6.45) is 4.25. The van der Waals surface area contributed by atoms with E-state index in [1.54, 1.807) is 11.3 Å². The molecule has 4 aromatic rings. The quantitative estimate of drug-likeness (QED) is 0.558. The number of aryl methyl sites for hydroxylation is 1.